The molecule has 0 aliphatic heterocycles. The highest BCUT2D eigenvalue weighted by molar-refractivity contribution is 5.86. The highest BCUT2D eigenvalue weighted by Gasteiger charge is 2.32. The van der Waals surface area contributed by atoms with Crippen LogP contribution in [0.3, 0.4) is 0 Å². The number of hydrogen-bond acceptors (Lipinski definition) is 3. The van der Waals surface area contributed by atoms with Crippen LogP contribution in [-0.4, -0.2) is 31.2 Å². The first kappa shape index (κ1) is 17.8. The molecule has 0 heterocycles. The van der Waals surface area contributed by atoms with Crippen LogP contribution in [0.15, 0.2) is 0 Å². The molecule has 5 nitrogen and oxygen atoms in total. The van der Waals surface area contributed by atoms with Gasteiger partial charge in [-0.3, -0.25) is 4.79 Å². The number of alkyl carbamates (subject to hydrolysis) is 1. The van der Waals surface area contributed by atoms with Crippen LogP contribution in [0.1, 0.15) is 53.4 Å². The number of carbonyl (C=O) groups excluding carboxylic acids is 2. The van der Waals surface area contributed by atoms with Gasteiger partial charge in [-0.05, 0) is 30.6 Å². The number of carbonyl (C=O) groups is 2. The first-order valence-electron chi connectivity index (χ1n) is 8.01. The van der Waals surface area contributed by atoms with Gasteiger partial charge in [0.15, 0.2) is 0 Å². The van der Waals surface area contributed by atoms with Crippen LogP contribution in [-0.2, 0) is 9.53 Å². The maximum absolute atomic E-state index is 12.5. The molecule has 1 aliphatic rings. The summed E-state index contributed by atoms with van der Waals surface area (Å²) in [5.41, 5.74) is 0. The zero-order valence-electron chi connectivity index (χ0n) is 13.9. The van der Waals surface area contributed by atoms with E-state index in [1.54, 1.807) is 0 Å². The molecule has 1 saturated carbocycles. The highest BCUT2D eigenvalue weighted by Crippen LogP contribution is 2.30. The fraction of sp³-hybridized carbons (Fsp3) is 0.875. The minimum Gasteiger partial charge on any atom is -0.453 e. The van der Waals surface area contributed by atoms with Gasteiger partial charge in [0.25, 0.3) is 0 Å². The van der Waals surface area contributed by atoms with Gasteiger partial charge in [0.2, 0.25) is 5.91 Å². The molecule has 1 unspecified atom stereocenters. The van der Waals surface area contributed by atoms with Gasteiger partial charge < -0.3 is 15.4 Å². The Hall–Kier alpha value is -1.26. The van der Waals surface area contributed by atoms with Crippen molar-refractivity contribution in [3.05, 3.63) is 0 Å². The monoisotopic (exact) mass is 298 g/mol. The van der Waals surface area contributed by atoms with Gasteiger partial charge in [0.1, 0.15) is 6.04 Å². The quantitative estimate of drug-likeness (QED) is 0.792. The summed E-state index contributed by atoms with van der Waals surface area (Å²) in [7, 11) is 1.31. The SMILES string of the molecule is COC(=O)N[C@@H](C(=O)NC(C(C)C)C1CCCC1)C(C)C. The summed E-state index contributed by atoms with van der Waals surface area (Å²) in [5.74, 6) is 0.851. The van der Waals surface area contributed by atoms with Crippen molar-refractivity contribution in [2.75, 3.05) is 7.11 Å². The summed E-state index contributed by atoms with van der Waals surface area (Å²) in [4.78, 5) is 23.9. The number of nitrogens with one attached hydrogen (secondary N) is 2. The van der Waals surface area contributed by atoms with Crippen molar-refractivity contribution in [1.29, 1.82) is 0 Å². The lowest BCUT2D eigenvalue weighted by atomic mass is 9.88. The average Bonchev–Trinajstić information content (AvgIpc) is 2.94. The molecule has 0 aromatic heterocycles. The zero-order chi connectivity index (χ0) is 16.0. The van der Waals surface area contributed by atoms with Crippen molar-refractivity contribution < 1.29 is 14.3 Å². The van der Waals surface area contributed by atoms with E-state index in [2.05, 4.69) is 29.2 Å². The number of methoxy groups -OCH3 is 1. The van der Waals surface area contributed by atoms with E-state index in [4.69, 9.17) is 0 Å². The highest BCUT2D eigenvalue weighted by atomic mass is 16.5. The van der Waals surface area contributed by atoms with E-state index in [9.17, 15) is 9.59 Å². The molecule has 2 amide bonds. The summed E-state index contributed by atoms with van der Waals surface area (Å²) in [6.07, 6.45) is 4.29. The van der Waals surface area contributed by atoms with Crippen molar-refractivity contribution in [2.45, 2.75) is 65.5 Å². The topological polar surface area (TPSA) is 67.4 Å². The molecule has 0 spiro atoms. The Morgan fingerprint density at radius 2 is 1.57 bits per heavy atom. The molecule has 0 aromatic rings. The summed E-state index contributed by atoms with van der Waals surface area (Å²) in [5, 5.41) is 5.79. The van der Waals surface area contributed by atoms with Crippen LogP contribution in [0, 0.1) is 17.8 Å². The lowest BCUT2D eigenvalue weighted by molar-refractivity contribution is -0.125. The van der Waals surface area contributed by atoms with Gasteiger partial charge >= 0.3 is 6.09 Å². The van der Waals surface area contributed by atoms with Crippen LogP contribution >= 0.6 is 0 Å². The normalized spacial score (nSPS) is 18.6. The maximum Gasteiger partial charge on any atom is 0.407 e. The largest absolute Gasteiger partial charge is 0.453 e. The zero-order valence-corrected chi connectivity index (χ0v) is 13.9. The minimum absolute atomic E-state index is 0.0143. The van der Waals surface area contributed by atoms with Gasteiger partial charge in [0.05, 0.1) is 7.11 Å². The Balaban J connectivity index is 2.70. The fourth-order valence-electron chi connectivity index (χ4n) is 3.12. The predicted molar refractivity (Wildman–Crippen MR) is 82.9 cm³/mol. The van der Waals surface area contributed by atoms with Crippen LogP contribution in [0.2, 0.25) is 0 Å². The fourth-order valence-corrected chi connectivity index (χ4v) is 3.12. The Bertz CT molecular complexity index is 349. The van der Waals surface area contributed by atoms with E-state index < -0.39 is 12.1 Å². The van der Waals surface area contributed by atoms with Crippen LogP contribution in [0.25, 0.3) is 0 Å². The van der Waals surface area contributed by atoms with Gasteiger partial charge in [-0.1, -0.05) is 40.5 Å². The van der Waals surface area contributed by atoms with Crippen molar-refractivity contribution in [3.63, 3.8) is 0 Å². The Kier molecular flexibility index (Phi) is 6.99. The number of rotatable bonds is 6. The summed E-state index contributed by atoms with van der Waals surface area (Å²) in [6, 6.07) is -0.374. The molecule has 0 radical (unpaired) electrons. The molecule has 2 N–H and O–H groups in total. The van der Waals surface area contributed by atoms with E-state index in [1.165, 1.54) is 32.8 Å². The lowest BCUT2D eigenvalue weighted by Crippen LogP contribution is -2.54. The van der Waals surface area contributed by atoms with Crippen molar-refractivity contribution in [3.8, 4) is 0 Å². The first-order chi connectivity index (χ1) is 9.86. The molecule has 21 heavy (non-hydrogen) atoms. The van der Waals surface area contributed by atoms with E-state index in [0.717, 1.165) is 0 Å². The molecule has 1 aliphatic carbocycles. The minimum atomic E-state index is -0.564. The molecular weight excluding hydrogens is 268 g/mol. The van der Waals surface area contributed by atoms with E-state index in [0.29, 0.717) is 11.8 Å². The smallest absolute Gasteiger partial charge is 0.407 e. The second-order valence-corrected chi connectivity index (χ2v) is 6.68. The molecule has 0 aromatic carbocycles. The molecule has 2 atom stereocenters. The van der Waals surface area contributed by atoms with Gasteiger partial charge in [-0.2, -0.15) is 0 Å². The third-order valence-electron chi connectivity index (χ3n) is 4.34. The van der Waals surface area contributed by atoms with Crippen LogP contribution in [0.4, 0.5) is 4.79 Å². The molecule has 1 rings (SSSR count). The Morgan fingerprint density at radius 1 is 1.00 bits per heavy atom. The Labute approximate surface area is 128 Å². The maximum atomic E-state index is 12.5. The first-order valence-corrected chi connectivity index (χ1v) is 8.01. The van der Waals surface area contributed by atoms with Gasteiger partial charge in [0, 0.05) is 6.04 Å². The van der Waals surface area contributed by atoms with E-state index >= 15 is 0 Å². The lowest BCUT2D eigenvalue weighted by Gasteiger charge is -2.31. The third kappa shape index (κ3) is 5.21. The Morgan fingerprint density at radius 3 is 2.00 bits per heavy atom. The van der Waals surface area contributed by atoms with Gasteiger partial charge in [-0.25, -0.2) is 4.79 Å². The second-order valence-electron chi connectivity index (χ2n) is 6.68. The third-order valence-corrected chi connectivity index (χ3v) is 4.34. The summed E-state index contributed by atoms with van der Waals surface area (Å²) in [6.45, 7) is 8.11. The second kappa shape index (κ2) is 8.25. The van der Waals surface area contributed by atoms with E-state index in [1.807, 2.05) is 13.8 Å². The average molecular weight is 298 g/mol. The molecular formula is C16H30N2O3. The number of ether oxygens (including phenoxy) is 1. The summed E-state index contributed by atoms with van der Waals surface area (Å²) < 4.78 is 4.60. The van der Waals surface area contributed by atoms with Crippen LogP contribution in [0.5, 0.6) is 0 Å². The number of amides is 2. The molecule has 0 saturated heterocycles. The standard InChI is InChI=1S/C16H30N2O3/c1-10(2)13(12-8-6-7-9-12)17-15(19)14(11(3)4)18-16(20)21-5/h10-14H,6-9H2,1-5H3,(H,17,19)(H,18,20)/t13?,14-/m1/s1. The van der Waals surface area contributed by atoms with E-state index in [-0.39, 0.29) is 17.9 Å². The van der Waals surface area contributed by atoms with Crippen LogP contribution < -0.4 is 10.6 Å². The van der Waals surface area contributed by atoms with Gasteiger partial charge in [-0.15, -0.1) is 0 Å². The molecule has 0 bridgehead atoms. The molecule has 122 valence electrons. The molecule has 1 fully saturated rings. The summed E-state index contributed by atoms with van der Waals surface area (Å²) >= 11 is 0. The van der Waals surface area contributed by atoms with Crippen molar-refractivity contribution >= 4 is 12.0 Å². The number of hydrogen-bond donors (Lipinski definition) is 2. The predicted octanol–water partition coefficient (Wildman–Crippen LogP) is 2.70. The van der Waals surface area contributed by atoms with Crippen molar-refractivity contribution in [1.82, 2.24) is 10.6 Å². The molecule has 5 heteroatoms. The van der Waals surface area contributed by atoms with Crippen molar-refractivity contribution in [2.24, 2.45) is 17.8 Å².